The summed E-state index contributed by atoms with van der Waals surface area (Å²) in [5.74, 6) is -11.5. The molecular formula is C71H62BrCl5F11N5O12. The zero-order valence-corrected chi connectivity index (χ0v) is 60.0. The lowest BCUT2D eigenvalue weighted by molar-refractivity contribution is -0.221. The van der Waals surface area contributed by atoms with E-state index in [1.807, 2.05) is 77.6 Å². The first kappa shape index (κ1) is 80.3. The van der Waals surface area contributed by atoms with Crippen LogP contribution in [-0.2, 0) is 38.0 Å². The molecule has 105 heavy (non-hydrogen) atoms. The molecule has 0 amide bonds. The van der Waals surface area contributed by atoms with E-state index in [0.29, 0.717) is 103 Å². The van der Waals surface area contributed by atoms with Crippen molar-refractivity contribution in [2.75, 3.05) is 66.1 Å². The SMILES string of the molecule is BrC1COC1.Clc1cccc2[nH]ccc12.Clc1cccc2c1ccn2C1COC1.O=C(CCC1CCC(F)(F)CC1)c1cn(C2COC2)c2cccc(Cl)c12.O=C(O)c1cn(C2COC2)c2cccc(Cl)c12.O=C(OC(=O)C(F)(F)F)C(F)(F)F.O=C(c1cn(C2COC2)c2cccc(Cl)c12)C(F)(F)F. The number of Topliss-reactive ketones (excluding diaryl/α,β-unsaturated/α-hetero) is 2. The number of benzene rings is 5. The van der Waals surface area contributed by atoms with Gasteiger partial charge < -0.3 is 56.8 Å². The first-order chi connectivity index (χ1) is 49.7. The molecule has 17 nitrogen and oxygen atoms in total. The molecule has 34 heteroatoms. The molecule has 5 aromatic heterocycles. The molecule has 1 saturated carbocycles. The van der Waals surface area contributed by atoms with E-state index >= 15 is 0 Å². The number of esters is 2. The van der Waals surface area contributed by atoms with Gasteiger partial charge in [0.25, 0.3) is 5.78 Å². The second-order valence-corrected chi connectivity index (χ2v) is 28.1. The normalized spacial score (nSPS) is 17.0. The molecule has 10 heterocycles. The minimum absolute atomic E-state index is 0.0411. The minimum atomic E-state index is -5.62. The van der Waals surface area contributed by atoms with Crippen LogP contribution in [0.1, 0.15) is 93.8 Å². The number of hydrogen-bond acceptors (Lipinski definition) is 11. The molecule has 2 N–H and O–H groups in total. The van der Waals surface area contributed by atoms with E-state index in [-0.39, 0.29) is 58.6 Å². The predicted molar refractivity (Wildman–Crippen MR) is 375 cm³/mol. The van der Waals surface area contributed by atoms with Crippen molar-refractivity contribution >= 4 is 158 Å². The predicted octanol–water partition coefficient (Wildman–Crippen LogP) is 19.5. The van der Waals surface area contributed by atoms with E-state index in [1.54, 1.807) is 35.0 Å². The van der Waals surface area contributed by atoms with Gasteiger partial charge in [0, 0.05) is 104 Å². The average Bonchev–Trinajstić information content (AvgIpc) is 1.62. The van der Waals surface area contributed by atoms with Gasteiger partial charge >= 0.3 is 36.4 Å². The van der Waals surface area contributed by atoms with E-state index < -0.39 is 53.7 Å². The van der Waals surface area contributed by atoms with E-state index in [4.69, 9.17) is 81.7 Å². The number of halogens is 17. The number of H-pyrrole nitrogens is 1. The maximum atomic E-state index is 13.3. The van der Waals surface area contributed by atoms with Crippen molar-refractivity contribution in [2.24, 2.45) is 5.92 Å². The number of ether oxygens (including phenoxy) is 6. The number of rotatable bonds is 10. The summed E-state index contributed by atoms with van der Waals surface area (Å²) in [6.07, 6.45) is -5.51. The third kappa shape index (κ3) is 19.5. The molecule has 0 bridgehead atoms. The molecule has 0 atom stereocenters. The third-order valence-corrected chi connectivity index (χ3v) is 19.8. The second-order valence-electron chi connectivity index (χ2n) is 24.8. The molecule has 0 radical (unpaired) electrons. The lowest BCUT2D eigenvalue weighted by atomic mass is 9.83. The Labute approximate surface area is 623 Å². The maximum Gasteiger partial charge on any atom is 0.491 e. The number of aromatic nitrogens is 5. The molecule has 5 aromatic carbocycles. The molecule has 562 valence electrons. The van der Waals surface area contributed by atoms with Gasteiger partial charge in [0.2, 0.25) is 5.92 Å². The summed E-state index contributed by atoms with van der Waals surface area (Å²) in [4.78, 5) is 58.7. The second kappa shape index (κ2) is 34.3. The van der Waals surface area contributed by atoms with Crippen molar-refractivity contribution < 1.29 is 106 Å². The summed E-state index contributed by atoms with van der Waals surface area (Å²) in [7, 11) is 0. The lowest BCUT2D eigenvalue weighted by Gasteiger charge is -2.28. The first-order valence-corrected chi connectivity index (χ1v) is 35.0. The summed E-state index contributed by atoms with van der Waals surface area (Å²) in [5, 5.41) is 15.7. The number of carbonyl (C=O) groups is 5. The molecule has 5 aliphatic heterocycles. The Hall–Kier alpha value is -7.29. The van der Waals surface area contributed by atoms with E-state index in [0.717, 1.165) is 69.2 Å². The molecule has 1 aliphatic carbocycles. The monoisotopic (exact) mass is 1640 g/mol. The largest absolute Gasteiger partial charge is 0.491 e. The topological polar surface area (TPSA) is 196 Å². The Morgan fingerprint density at radius 1 is 0.495 bits per heavy atom. The highest BCUT2D eigenvalue weighted by Gasteiger charge is 2.49. The van der Waals surface area contributed by atoms with Crippen LogP contribution in [0, 0.1) is 5.92 Å². The highest BCUT2D eigenvalue weighted by atomic mass is 79.9. The van der Waals surface area contributed by atoms with Crippen LogP contribution < -0.4 is 0 Å². The van der Waals surface area contributed by atoms with Crippen molar-refractivity contribution in [3.63, 3.8) is 0 Å². The van der Waals surface area contributed by atoms with Crippen LogP contribution >= 0.6 is 73.9 Å². The lowest BCUT2D eigenvalue weighted by Crippen LogP contribution is -2.34. The maximum absolute atomic E-state index is 13.3. The number of nitrogens with zero attached hydrogens (tertiary/aromatic N) is 4. The van der Waals surface area contributed by atoms with Gasteiger partial charge in [-0.1, -0.05) is 104 Å². The molecule has 16 rings (SSSR count). The van der Waals surface area contributed by atoms with Crippen molar-refractivity contribution in [3.8, 4) is 0 Å². The number of aromatic amines is 1. The van der Waals surface area contributed by atoms with Crippen LogP contribution in [0.5, 0.6) is 0 Å². The van der Waals surface area contributed by atoms with E-state index in [9.17, 15) is 77.4 Å². The molecule has 0 unspecified atom stereocenters. The van der Waals surface area contributed by atoms with Gasteiger partial charge in [-0.25, -0.2) is 23.2 Å². The summed E-state index contributed by atoms with van der Waals surface area (Å²) < 4.78 is 168. The van der Waals surface area contributed by atoms with Crippen LogP contribution in [0.4, 0.5) is 48.3 Å². The van der Waals surface area contributed by atoms with E-state index in [1.165, 1.54) is 17.8 Å². The Morgan fingerprint density at radius 2 is 0.876 bits per heavy atom. The molecule has 5 saturated heterocycles. The third-order valence-electron chi connectivity index (χ3n) is 17.6. The molecule has 10 aromatic rings. The molecule has 6 aliphatic rings. The van der Waals surface area contributed by atoms with Gasteiger partial charge in [0.15, 0.2) is 5.78 Å². The highest BCUT2D eigenvalue weighted by molar-refractivity contribution is 9.09. The zero-order chi connectivity index (χ0) is 75.9. The van der Waals surface area contributed by atoms with Crippen LogP contribution in [0.2, 0.25) is 25.1 Å². The fourth-order valence-corrected chi connectivity index (χ4v) is 13.4. The number of hydrogen-bond donors (Lipinski definition) is 2. The van der Waals surface area contributed by atoms with Gasteiger partial charge in [-0.3, -0.25) is 9.59 Å². The van der Waals surface area contributed by atoms with Crippen molar-refractivity contribution in [3.05, 3.63) is 176 Å². The van der Waals surface area contributed by atoms with Gasteiger partial charge in [0.1, 0.15) is 0 Å². The van der Waals surface area contributed by atoms with Crippen LogP contribution in [0.25, 0.3) is 54.5 Å². The molecular weight excluding hydrogens is 1580 g/mol. The van der Waals surface area contributed by atoms with Crippen LogP contribution in [-0.4, -0.2) is 153 Å². The quantitative estimate of drug-likeness (QED) is 0.0433. The highest BCUT2D eigenvalue weighted by Crippen LogP contribution is 2.41. The fraction of sp³-hybridized carbons (Fsp3) is 0.366. The van der Waals surface area contributed by atoms with Crippen LogP contribution in [0.3, 0.4) is 0 Å². The fourth-order valence-electron chi connectivity index (χ4n) is 11.7. The first-order valence-electron chi connectivity index (χ1n) is 32.2. The Bertz CT molecular complexity index is 4730. The Balaban J connectivity index is 0.000000136. The van der Waals surface area contributed by atoms with Gasteiger partial charge in [-0.15, -0.1) is 0 Å². The number of carboxylic acids is 1. The number of alkyl halides is 12. The molecule has 0 spiro atoms. The zero-order valence-electron chi connectivity index (χ0n) is 54.6. The summed E-state index contributed by atoms with van der Waals surface area (Å²) in [6.45, 7) is 6.78. The Kier molecular flexibility index (Phi) is 26.2. The summed E-state index contributed by atoms with van der Waals surface area (Å²) >= 11 is 33.7. The number of nitrogens with one attached hydrogen (secondary N) is 1. The van der Waals surface area contributed by atoms with Crippen molar-refractivity contribution in [1.82, 2.24) is 23.3 Å². The summed E-state index contributed by atoms with van der Waals surface area (Å²) in [5.41, 5.74) is 5.08. The van der Waals surface area contributed by atoms with Crippen molar-refractivity contribution in [2.45, 2.75) is 92.0 Å². The van der Waals surface area contributed by atoms with Gasteiger partial charge in [-0.2, -0.15) is 39.5 Å². The van der Waals surface area contributed by atoms with Gasteiger partial charge in [-0.05, 0) is 98.0 Å². The average molecular weight is 1640 g/mol. The van der Waals surface area contributed by atoms with Crippen LogP contribution in [0.15, 0.2) is 134 Å². The number of fused-ring (bicyclic) bond motifs is 5. The molecule has 6 fully saturated rings. The van der Waals surface area contributed by atoms with Crippen molar-refractivity contribution in [1.29, 1.82) is 0 Å². The number of carboxylic acid groups (broad SMARTS) is 1. The van der Waals surface area contributed by atoms with E-state index in [2.05, 4.69) is 53.1 Å². The van der Waals surface area contributed by atoms with Gasteiger partial charge in [0.05, 0.1) is 138 Å². The number of aromatic carboxylic acids is 1. The number of carbonyl (C=O) groups excluding carboxylic acids is 4. The Morgan fingerprint density at radius 3 is 1.28 bits per heavy atom. The minimum Gasteiger partial charge on any atom is -0.478 e. The summed E-state index contributed by atoms with van der Waals surface area (Å²) in [6, 6.07) is 32.6. The number of ketones is 2. The smallest absolute Gasteiger partial charge is 0.478 e. The standard InChI is InChI=1S/C20H22ClF2NO2.C13H9ClF3NO2.C12H10ClNO3.C11H10ClNO.C8H6ClN.C4F6O3.C3H5BrO/c21-16-2-1-3-17-19(16)15(10-24(17)14-11-26-12-14)18(25)5-4-13-6-8-20(22,23)9-7-13;14-9-2-1-3-10-11(9)8(12(19)13(15,16)17)4-18(10)7-5-20-6-7;13-9-2-1-3-10-11(9)8(12(15)16)4-14(10)7-5-17-6-7;12-10-2-1-3-11-9(10)4-5-13(11)8-6-14-7-8;9-7-2-1-3-8-6(7)4-5-10-8;5-3(6,7)1(11)13-2(12)4(8,9)10;4-3-1-5-2-3/h1-3,10,13-14H,4-9,11-12H2;1-4,7H,5-6H2;1-4,7H,5-6H2,(H,15,16);1-5,8H,6-7H2;1-5,10H;;3H,1-2H2.